The molecule has 2 heterocycles. The van der Waals surface area contributed by atoms with Crippen LogP contribution in [0.1, 0.15) is 0 Å². The SMILES string of the molecule is Cn1cc(-c2nn(COCC[Si](C)(C)C)cc2N)cn1. The molecule has 2 rings (SSSR count). The number of hydrogen-bond donors (Lipinski definition) is 1. The third kappa shape index (κ3) is 3.94. The number of ether oxygens (including phenoxy) is 1. The monoisotopic (exact) mass is 293 g/mol. The van der Waals surface area contributed by atoms with Crippen LogP contribution in [-0.4, -0.2) is 34.2 Å². The zero-order chi connectivity index (χ0) is 14.8. The number of hydrogen-bond acceptors (Lipinski definition) is 4. The summed E-state index contributed by atoms with van der Waals surface area (Å²) in [5, 5.41) is 8.58. The third-order valence-corrected chi connectivity index (χ3v) is 4.69. The second-order valence-electron chi connectivity index (χ2n) is 6.22. The molecule has 0 aliphatic heterocycles. The van der Waals surface area contributed by atoms with E-state index in [9.17, 15) is 0 Å². The van der Waals surface area contributed by atoms with E-state index < -0.39 is 8.07 Å². The molecule has 0 saturated carbocycles. The first-order valence-corrected chi connectivity index (χ1v) is 10.5. The summed E-state index contributed by atoms with van der Waals surface area (Å²) in [6.45, 7) is 8.22. The Balaban J connectivity index is 1.94. The van der Waals surface area contributed by atoms with Crippen LogP contribution < -0.4 is 5.73 Å². The minimum absolute atomic E-state index is 0.439. The van der Waals surface area contributed by atoms with Crippen LogP contribution >= 0.6 is 0 Å². The van der Waals surface area contributed by atoms with Gasteiger partial charge in [-0.3, -0.25) is 4.68 Å². The highest BCUT2D eigenvalue weighted by Gasteiger charge is 2.13. The van der Waals surface area contributed by atoms with Gasteiger partial charge in [0.1, 0.15) is 12.4 Å². The van der Waals surface area contributed by atoms with Crippen LogP contribution in [0, 0.1) is 0 Å². The fourth-order valence-corrected chi connectivity index (χ4v) is 2.56. The molecule has 7 heteroatoms. The first-order valence-electron chi connectivity index (χ1n) is 6.75. The van der Waals surface area contributed by atoms with Gasteiger partial charge in [-0.2, -0.15) is 10.2 Å². The zero-order valence-electron chi connectivity index (χ0n) is 12.6. The first-order chi connectivity index (χ1) is 9.35. The molecule has 0 radical (unpaired) electrons. The maximum absolute atomic E-state index is 5.99. The van der Waals surface area contributed by atoms with E-state index in [1.165, 1.54) is 0 Å². The van der Waals surface area contributed by atoms with E-state index in [0.29, 0.717) is 12.4 Å². The molecule has 0 aliphatic rings. The molecule has 0 fully saturated rings. The highest BCUT2D eigenvalue weighted by Crippen LogP contribution is 2.23. The minimum atomic E-state index is -1.04. The van der Waals surface area contributed by atoms with Gasteiger partial charge in [0.25, 0.3) is 0 Å². The number of rotatable bonds is 6. The third-order valence-electron chi connectivity index (χ3n) is 2.99. The van der Waals surface area contributed by atoms with Crippen molar-refractivity contribution < 1.29 is 4.74 Å². The molecule has 2 aromatic rings. The van der Waals surface area contributed by atoms with E-state index in [1.54, 1.807) is 21.8 Å². The lowest BCUT2D eigenvalue weighted by Gasteiger charge is -2.15. The van der Waals surface area contributed by atoms with Gasteiger partial charge in [-0.25, -0.2) is 4.68 Å². The van der Waals surface area contributed by atoms with Crippen LogP contribution in [0.2, 0.25) is 25.7 Å². The summed E-state index contributed by atoms with van der Waals surface area (Å²) in [6, 6.07) is 1.15. The lowest BCUT2D eigenvalue weighted by Crippen LogP contribution is -2.22. The average molecular weight is 293 g/mol. The molecule has 110 valence electrons. The van der Waals surface area contributed by atoms with Gasteiger partial charge >= 0.3 is 0 Å². The Morgan fingerprint density at radius 3 is 2.65 bits per heavy atom. The summed E-state index contributed by atoms with van der Waals surface area (Å²) in [7, 11) is 0.830. The second kappa shape index (κ2) is 5.80. The van der Waals surface area contributed by atoms with Gasteiger partial charge < -0.3 is 10.5 Å². The van der Waals surface area contributed by atoms with Crippen molar-refractivity contribution in [1.82, 2.24) is 19.6 Å². The van der Waals surface area contributed by atoms with Crippen LogP contribution in [-0.2, 0) is 18.5 Å². The Bertz CT molecular complexity index is 570. The van der Waals surface area contributed by atoms with Gasteiger partial charge in [-0.1, -0.05) is 19.6 Å². The number of aromatic nitrogens is 4. The van der Waals surface area contributed by atoms with E-state index in [0.717, 1.165) is 23.9 Å². The van der Waals surface area contributed by atoms with Crippen molar-refractivity contribution in [2.75, 3.05) is 12.3 Å². The van der Waals surface area contributed by atoms with Crippen molar-refractivity contribution in [1.29, 1.82) is 0 Å². The molecule has 0 unspecified atom stereocenters. The van der Waals surface area contributed by atoms with E-state index in [1.807, 2.05) is 13.2 Å². The fraction of sp³-hybridized carbons (Fsp3) is 0.538. The highest BCUT2D eigenvalue weighted by molar-refractivity contribution is 6.76. The Morgan fingerprint density at radius 1 is 1.30 bits per heavy atom. The van der Waals surface area contributed by atoms with Crippen LogP contribution in [0.5, 0.6) is 0 Å². The molecule has 0 spiro atoms. The summed E-state index contributed by atoms with van der Waals surface area (Å²) in [5.74, 6) is 0. The molecule has 0 aliphatic carbocycles. The molecule has 0 atom stereocenters. The standard InChI is InChI=1S/C13H23N5OSi/c1-17-8-11(7-15-17)13-12(14)9-18(16-13)10-19-5-6-20(2,3)4/h7-9H,5-6,10,14H2,1-4H3. The first kappa shape index (κ1) is 14.8. The predicted octanol–water partition coefficient (Wildman–Crippen LogP) is 2.18. The van der Waals surface area contributed by atoms with Crippen LogP contribution in [0.3, 0.4) is 0 Å². The molecule has 20 heavy (non-hydrogen) atoms. The summed E-state index contributed by atoms with van der Waals surface area (Å²) in [6.07, 6.45) is 5.46. The molecular formula is C13H23N5OSi. The van der Waals surface area contributed by atoms with Crippen molar-refractivity contribution >= 4 is 13.8 Å². The summed E-state index contributed by atoms with van der Waals surface area (Å²) < 4.78 is 9.14. The Hall–Kier alpha value is -1.60. The van der Waals surface area contributed by atoms with Gasteiger partial charge in [0.2, 0.25) is 0 Å². The second-order valence-corrected chi connectivity index (χ2v) is 11.8. The van der Waals surface area contributed by atoms with Gasteiger partial charge in [0.05, 0.1) is 18.1 Å². The number of nitrogen functional groups attached to an aromatic ring is 1. The molecule has 0 saturated heterocycles. The fourth-order valence-electron chi connectivity index (χ4n) is 1.81. The highest BCUT2D eigenvalue weighted by atomic mass is 28.3. The van der Waals surface area contributed by atoms with Gasteiger partial charge in [0.15, 0.2) is 0 Å². The summed E-state index contributed by atoms with van der Waals surface area (Å²) in [4.78, 5) is 0. The zero-order valence-corrected chi connectivity index (χ0v) is 13.6. The van der Waals surface area contributed by atoms with Crippen LogP contribution in [0.15, 0.2) is 18.6 Å². The number of aryl methyl sites for hydroxylation is 1. The topological polar surface area (TPSA) is 70.9 Å². The molecule has 0 amide bonds. The number of nitrogens with zero attached hydrogens (tertiary/aromatic N) is 4. The quantitative estimate of drug-likeness (QED) is 0.654. The van der Waals surface area contributed by atoms with E-state index in [2.05, 4.69) is 29.8 Å². The maximum atomic E-state index is 5.99. The average Bonchev–Trinajstić information content (AvgIpc) is 2.90. The maximum Gasteiger partial charge on any atom is 0.139 e. The Morgan fingerprint density at radius 2 is 2.05 bits per heavy atom. The van der Waals surface area contributed by atoms with Crippen molar-refractivity contribution in [3.63, 3.8) is 0 Å². The summed E-state index contributed by atoms with van der Waals surface area (Å²) in [5.41, 5.74) is 8.31. The van der Waals surface area contributed by atoms with E-state index in [-0.39, 0.29) is 0 Å². The van der Waals surface area contributed by atoms with Crippen molar-refractivity contribution in [3.8, 4) is 11.3 Å². The molecule has 0 bridgehead atoms. The van der Waals surface area contributed by atoms with Gasteiger partial charge in [0, 0.05) is 33.5 Å². The molecule has 2 aromatic heterocycles. The Labute approximate surface area is 120 Å². The number of nitrogens with two attached hydrogens (primary N) is 1. The molecular weight excluding hydrogens is 270 g/mol. The molecule has 0 aromatic carbocycles. The Kier molecular flexibility index (Phi) is 4.29. The van der Waals surface area contributed by atoms with Crippen molar-refractivity contribution in [2.24, 2.45) is 7.05 Å². The van der Waals surface area contributed by atoms with Gasteiger partial charge in [-0.05, 0) is 6.04 Å². The van der Waals surface area contributed by atoms with E-state index in [4.69, 9.17) is 10.5 Å². The van der Waals surface area contributed by atoms with Gasteiger partial charge in [-0.15, -0.1) is 0 Å². The normalized spacial score (nSPS) is 12.0. The molecule has 2 N–H and O–H groups in total. The predicted molar refractivity (Wildman–Crippen MR) is 82.9 cm³/mol. The van der Waals surface area contributed by atoms with Crippen LogP contribution in [0.4, 0.5) is 5.69 Å². The van der Waals surface area contributed by atoms with Crippen molar-refractivity contribution in [3.05, 3.63) is 18.6 Å². The minimum Gasteiger partial charge on any atom is -0.396 e. The number of anilines is 1. The lowest BCUT2D eigenvalue weighted by atomic mass is 10.2. The molecule has 6 nitrogen and oxygen atoms in total. The van der Waals surface area contributed by atoms with Crippen molar-refractivity contribution in [2.45, 2.75) is 32.4 Å². The largest absolute Gasteiger partial charge is 0.396 e. The van der Waals surface area contributed by atoms with Crippen LogP contribution in [0.25, 0.3) is 11.3 Å². The smallest absolute Gasteiger partial charge is 0.139 e. The van der Waals surface area contributed by atoms with E-state index >= 15 is 0 Å². The summed E-state index contributed by atoms with van der Waals surface area (Å²) >= 11 is 0. The lowest BCUT2D eigenvalue weighted by molar-refractivity contribution is 0.0788.